The maximum Gasteiger partial charge on any atom is 0.222 e. The normalized spacial score (nSPS) is 11.4. The first-order valence-corrected chi connectivity index (χ1v) is 8.52. The molecule has 0 atom stereocenters. The van der Waals surface area contributed by atoms with Crippen molar-refractivity contribution in [2.24, 2.45) is 11.8 Å². The molecule has 0 bridgehead atoms. The van der Waals surface area contributed by atoms with E-state index in [0.29, 0.717) is 51.3 Å². The van der Waals surface area contributed by atoms with Crippen molar-refractivity contribution < 1.29 is 19.0 Å². The summed E-state index contributed by atoms with van der Waals surface area (Å²) >= 11 is 0. The Hall–Kier alpha value is -0.650. The summed E-state index contributed by atoms with van der Waals surface area (Å²) in [6.07, 6.45) is 2.51. The van der Waals surface area contributed by atoms with Crippen LogP contribution in [0.1, 0.15) is 47.0 Å². The molecule has 0 heterocycles. The molecule has 1 N–H and O–H groups in total. The molecule has 0 saturated carbocycles. The van der Waals surface area contributed by atoms with E-state index >= 15 is 0 Å². The lowest BCUT2D eigenvalue weighted by atomic mass is 10.1. The van der Waals surface area contributed by atoms with E-state index in [1.165, 1.54) is 0 Å². The summed E-state index contributed by atoms with van der Waals surface area (Å²) in [5.74, 6) is 1.35. The Labute approximate surface area is 136 Å². The van der Waals surface area contributed by atoms with Crippen molar-refractivity contribution >= 4 is 5.91 Å². The summed E-state index contributed by atoms with van der Waals surface area (Å²) in [6.45, 7) is 12.9. The van der Waals surface area contributed by atoms with Crippen molar-refractivity contribution in [3.8, 4) is 0 Å². The topological polar surface area (TPSA) is 56.8 Å². The van der Waals surface area contributed by atoms with Crippen molar-refractivity contribution in [3.63, 3.8) is 0 Å². The van der Waals surface area contributed by atoms with Gasteiger partial charge in [-0.05, 0) is 24.7 Å². The third kappa shape index (κ3) is 17.4. The van der Waals surface area contributed by atoms with E-state index in [1.54, 1.807) is 0 Å². The Morgan fingerprint density at radius 1 is 0.773 bits per heavy atom. The molecule has 5 nitrogen and oxygen atoms in total. The number of amides is 1. The second-order valence-corrected chi connectivity index (χ2v) is 6.30. The van der Waals surface area contributed by atoms with Gasteiger partial charge in [0.05, 0.1) is 33.0 Å². The average Bonchev–Trinajstić information content (AvgIpc) is 2.44. The third-order valence-electron chi connectivity index (χ3n) is 3.10. The highest BCUT2D eigenvalue weighted by Gasteiger charge is 2.01. The maximum atomic E-state index is 11.5. The molecule has 0 aliphatic heterocycles. The van der Waals surface area contributed by atoms with Gasteiger partial charge in [0.1, 0.15) is 0 Å². The van der Waals surface area contributed by atoms with Gasteiger partial charge < -0.3 is 19.5 Å². The van der Waals surface area contributed by atoms with Gasteiger partial charge in [-0.25, -0.2) is 0 Å². The molecule has 0 fully saturated rings. The molecule has 5 heteroatoms. The van der Waals surface area contributed by atoms with Gasteiger partial charge in [-0.1, -0.05) is 27.7 Å². The van der Waals surface area contributed by atoms with Crippen molar-refractivity contribution in [1.29, 1.82) is 0 Å². The van der Waals surface area contributed by atoms with Crippen LogP contribution >= 0.6 is 0 Å². The second-order valence-electron chi connectivity index (χ2n) is 6.30. The lowest BCUT2D eigenvalue weighted by molar-refractivity contribution is -0.122. The smallest absolute Gasteiger partial charge is 0.222 e. The van der Waals surface area contributed by atoms with Crippen LogP contribution in [0.5, 0.6) is 0 Å². The van der Waals surface area contributed by atoms with Crippen LogP contribution in [0.4, 0.5) is 0 Å². The molecule has 0 aromatic carbocycles. The van der Waals surface area contributed by atoms with Crippen molar-refractivity contribution in [3.05, 3.63) is 0 Å². The lowest BCUT2D eigenvalue weighted by Gasteiger charge is -2.08. The average molecular weight is 317 g/mol. The minimum atomic E-state index is 0.0557. The SMILES string of the molecule is CC(C)CCNC(=O)CCOCCOCCOCCC(C)C. The standard InChI is InChI=1S/C17H35NO4/c1-15(2)5-8-18-17(19)7-10-21-12-14-22-13-11-20-9-6-16(3)4/h15-16H,5-14H2,1-4H3,(H,18,19). The molecule has 0 rings (SSSR count). The molecule has 1 amide bonds. The van der Waals surface area contributed by atoms with Crippen LogP contribution in [-0.2, 0) is 19.0 Å². The van der Waals surface area contributed by atoms with Crippen LogP contribution in [0.15, 0.2) is 0 Å². The van der Waals surface area contributed by atoms with Crippen LogP contribution in [0.3, 0.4) is 0 Å². The predicted octanol–water partition coefficient (Wildman–Crippen LogP) is 2.63. The second kappa shape index (κ2) is 15.3. The van der Waals surface area contributed by atoms with Crippen LogP contribution in [-0.4, -0.2) is 52.1 Å². The molecule has 0 spiro atoms. The fraction of sp³-hybridized carbons (Fsp3) is 0.941. The van der Waals surface area contributed by atoms with E-state index in [1.807, 2.05) is 0 Å². The third-order valence-corrected chi connectivity index (χ3v) is 3.10. The highest BCUT2D eigenvalue weighted by molar-refractivity contribution is 5.75. The summed E-state index contributed by atoms with van der Waals surface area (Å²) in [6, 6.07) is 0. The molecule has 0 aromatic rings. The number of nitrogens with one attached hydrogen (secondary N) is 1. The van der Waals surface area contributed by atoms with Gasteiger partial charge in [-0.15, -0.1) is 0 Å². The van der Waals surface area contributed by atoms with Gasteiger partial charge in [0.15, 0.2) is 0 Å². The monoisotopic (exact) mass is 317 g/mol. The summed E-state index contributed by atoms with van der Waals surface area (Å²) in [5, 5.41) is 2.89. The van der Waals surface area contributed by atoms with Crippen molar-refractivity contribution in [2.75, 3.05) is 46.2 Å². The molecular formula is C17H35NO4. The molecule has 0 aliphatic carbocycles. The first-order valence-electron chi connectivity index (χ1n) is 8.52. The number of rotatable bonds is 15. The van der Waals surface area contributed by atoms with Gasteiger partial charge in [0.2, 0.25) is 5.91 Å². The Bertz CT molecular complexity index is 257. The fourth-order valence-electron chi connectivity index (χ4n) is 1.61. The molecule has 22 heavy (non-hydrogen) atoms. The predicted molar refractivity (Wildman–Crippen MR) is 89.0 cm³/mol. The molecule has 132 valence electrons. The first-order chi connectivity index (χ1) is 10.5. The molecule has 0 unspecified atom stereocenters. The number of hydrogen-bond donors (Lipinski definition) is 1. The van der Waals surface area contributed by atoms with E-state index in [4.69, 9.17) is 14.2 Å². The zero-order valence-corrected chi connectivity index (χ0v) is 14.9. The zero-order chi connectivity index (χ0) is 16.6. The van der Waals surface area contributed by atoms with Gasteiger partial charge in [0, 0.05) is 19.6 Å². The highest BCUT2D eigenvalue weighted by Crippen LogP contribution is 1.98. The number of hydrogen-bond acceptors (Lipinski definition) is 4. The minimum Gasteiger partial charge on any atom is -0.379 e. The van der Waals surface area contributed by atoms with Gasteiger partial charge in [0.25, 0.3) is 0 Å². The molecule has 0 radical (unpaired) electrons. The van der Waals surface area contributed by atoms with Crippen molar-refractivity contribution in [1.82, 2.24) is 5.32 Å². The summed E-state index contributed by atoms with van der Waals surface area (Å²) in [5.41, 5.74) is 0. The van der Waals surface area contributed by atoms with E-state index in [0.717, 1.165) is 26.0 Å². The molecular weight excluding hydrogens is 282 g/mol. The Balaban J connectivity index is 3.15. The maximum absolute atomic E-state index is 11.5. The largest absolute Gasteiger partial charge is 0.379 e. The Kier molecular flexibility index (Phi) is 14.8. The van der Waals surface area contributed by atoms with Gasteiger partial charge in [-0.3, -0.25) is 4.79 Å². The van der Waals surface area contributed by atoms with Gasteiger partial charge >= 0.3 is 0 Å². The van der Waals surface area contributed by atoms with E-state index in [-0.39, 0.29) is 5.91 Å². The van der Waals surface area contributed by atoms with Crippen LogP contribution in [0.25, 0.3) is 0 Å². The van der Waals surface area contributed by atoms with Crippen LogP contribution in [0, 0.1) is 11.8 Å². The number of ether oxygens (including phenoxy) is 3. The summed E-state index contributed by atoms with van der Waals surface area (Å²) in [7, 11) is 0. The quantitative estimate of drug-likeness (QED) is 0.472. The molecule has 0 aromatic heterocycles. The van der Waals surface area contributed by atoms with Crippen LogP contribution in [0.2, 0.25) is 0 Å². The summed E-state index contributed by atoms with van der Waals surface area (Å²) in [4.78, 5) is 11.5. The van der Waals surface area contributed by atoms with Gasteiger partial charge in [-0.2, -0.15) is 0 Å². The number of carbonyl (C=O) groups excluding carboxylic acids is 1. The highest BCUT2D eigenvalue weighted by atomic mass is 16.5. The zero-order valence-electron chi connectivity index (χ0n) is 14.9. The van der Waals surface area contributed by atoms with Crippen molar-refractivity contribution in [2.45, 2.75) is 47.0 Å². The van der Waals surface area contributed by atoms with E-state index in [2.05, 4.69) is 33.0 Å². The lowest BCUT2D eigenvalue weighted by Crippen LogP contribution is -2.26. The Morgan fingerprint density at radius 2 is 1.27 bits per heavy atom. The van der Waals surface area contributed by atoms with E-state index in [9.17, 15) is 4.79 Å². The number of carbonyl (C=O) groups is 1. The van der Waals surface area contributed by atoms with Crippen LogP contribution < -0.4 is 5.32 Å². The summed E-state index contributed by atoms with van der Waals surface area (Å²) < 4.78 is 16.2. The minimum absolute atomic E-state index is 0.0557. The molecule has 0 aliphatic rings. The molecule has 0 saturated heterocycles. The Morgan fingerprint density at radius 3 is 1.82 bits per heavy atom. The first kappa shape index (κ1) is 21.4. The van der Waals surface area contributed by atoms with E-state index < -0.39 is 0 Å². The fourth-order valence-corrected chi connectivity index (χ4v) is 1.61.